The van der Waals surface area contributed by atoms with E-state index < -0.39 is 0 Å². The third-order valence-corrected chi connectivity index (χ3v) is 5.94. The van der Waals surface area contributed by atoms with Gasteiger partial charge in [0.05, 0.1) is 18.2 Å². The Labute approximate surface area is 196 Å². The lowest BCUT2D eigenvalue weighted by atomic mass is 9.97. The van der Waals surface area contributed by atoms with Crippen molar-refractivity contribution in [2.45, 2.75) is 39.7 Å². The van der Waals surface area contributed by atoms with Crippen LogP contribution in [0.15, 0.2) is 60.7 Å². The smallest absolute Gasteiger partial charge is 0.225 e. The van der Waals surface area contributed by atoms with Crippen molar-refractivity contribution in [3.05, 3.63) is 71.8 Å². The molecule has 1 saturated heterocycles. The summed E-state index contributed by atoms with van der Waals surface area (Å²) >= 11 is 0. The summed E-state index contributed by atoms with van der Waals surface area (Å²) in [7, 11) is 0. The first kappa shape index (κ1) is 22.8. The van der Waals surface area contributed by atoms with Crippen LogP contribution in [0.4, 0.5) is 5.82 Å². The molecule has 6 nitrogen and oxygen atoms in total. The number of benzene rings is 2. The number of anilines is 1. The lowest BCUT2D eigenvalue weighted by Gasteiger charge is -2.32. The van der Waals surface area contributed by atoms with Gasteiger partial charge in [0.1, 0.15) is 5.75 Å². The normalized spacial score (nSPS) is 15.8. The Bertz CT molecular complexity index is 1050. The minimum atomic E-state index is -0.0517. The molecule has 2 heterocycles. The van der Waals surface area contributed by atoms with Crippen LogP contribution in [0.25, 0.3) is 11.3 Å². The number of rotatable bonds is 8. The molecule has 0 saturated carbocycles. The standard InChI is InChI=1S/C27H32N4O2/c1-3-16-33-24-11-9-21(10-12-24)18-28-27(32)23-8-5-15-31(19-23)26-14-13-25(29-30-26)22-7-4-6-20(2)17-22/h4,6-7,9-14,17,23H,3,5,8,15-16,18-19H2,1-2H3,(H,28,32)/t23-/m1/s1. The van der Waals surface area contributed by atoms with Crippen LogP contribution in [0.3, 0.4) is 0 Å². The summed E-state index contributed by atoms with van der Waals surface area (Å²) in [5.41, 5.74) is 4.19. The van der Waals surface area contributed by atoms with Gasteiger partial charge >= 0.3 is 0 Å². The van der Waals surface area contributed by atoms with Crippen molar-refractivity contribution in [2.75, 3.05) is 24.6 Å². The van der Waals surface area contributed by atoms with Crippen molar-refractivity contribution in [1.29, 1.82) is 0 Å². The van der Waals surface area contributed by atoms with Crippen LogP contribution < -0.4 is 15.0 Å². The van der Waals surface area contributed by atoms with Crippen LogP contribution in [-0.2, 0) is 11.3 Å². The molecule has 3 aromatic rings. The SMILES string of the molecule is CCCOc1ccc(CNC(=O)[C@@H]2CCCN(c3ccc(-c4cccc(C)c4)nn3)C2)cc1. The molecule has 172 valence electrons. The Morgan fingerprint density at radius 2 is 1.97 bits per heavy atom. The number of ether oxygens (including phenoxy) is 1. The zero-order chi connectivity index (χ0) is 23.0. The van der Waals surface area contributed by atoms with E-state index in [4.69, 9.17) is 4.74 Å². The molecule has 1 amide bonds. The first-order valence-corrected chi connectivity index (χ1v) is 11.8. The van der Waals surface area contributed by atoms with E-state index in [9.17, 15) is 4.79 Å². The maximum absolute atomic E-state index is 12.8. The molecule has 0 spiro atoms. The van der Waals surface area contributed by atoms with Gasteiger partial charge in [-0.2, -0.15) is 0 Å². The number of carbonyl (C=O) groups excluding carboxylic acids is 1. The van der Waals surface area contributed by atoms with Crippen LogP contribution in [0, 0.1) is 12.8 Å². The van der Waals surface area contributed by atoms with E-state index in [0.717, 1.165) is 54.2 Å². The molecule has 1 aromatic heterocycles. The lowest BCUT2D eigenvalue weighted by molar-refractivity contribution is -0.125. The summed E-state index contributed by atoms with van der Waals surface area (Å²) in [5.74, 6) is 1.73. The number of carbonyl (C=O) groups is 1. The number of aromatic nitrogens is 2. The number of piperidine rings is 1. The molecule has 1 fully saturated rings. The molecular formula is C27H32N4O2. The molecule has 1 aliphatic heterocycles. The van der Waals surface area contributed by atoms with Gasteiger partial charge in [0.15, 0.2) is 5.82 Å². The highest BCUT2D eigenvalue weighted by molar-refractivity contribution is 5.79. The van der Waals surface area contributed by atoms with Crippen LogP contribution in [-0.4, -0.2) is 35.8 Å². The summed E-state index contributed by atoms with van der Waals surface area (Å²) < 4.78 is 5.62. The van der Waals surface area contributed by atoms with Gasteiger partial charge in [-0.15, -0.1) is 10.2 Å². The van der Waals surface area contributed by atoms with Crippen LogP contribution in [0.5, 0.6) is 5.75 Å². The first-order valence-electron chi connectivity index (χ1n) is 11.8. The molecule has 0 unspecified atom stereocenters. The summed E-state index contributed by atoms with van der Waals surface area (Å²) in [6.07, 6.45) is 2.84. The molecule has 6 heteroatoms. The van der Waals surface area contributed by atoms with E-state index >= 15 is 0 Å². The van der Waals surface area contributed by atoms with E-state index in [2.05, 4.69) is 46.4 Å². The fourth-order valence-corrected chi connectivity index (χ4v) is 4.11. The predicted octanol–water partition coefficient (Wildman–Crippen LogP) is 4.77. The number of nitrogens with one attached hydrogen (secondary N) is 1. The summed E-state index contributed by atoms with van der Waals surface area (Å²) in [5, 5.41) is 12.0. The monoisotopic (exact) mass is 444 g/mol. The van der Waals surface area contributed by atoms with Gasteiger partial charge < -0.3 is 15.0 Å². The Hall–Kier alpha value is -3.41. The van der Waals surface area contributed by atoms with Crippen molar-refractivity contribution in [1.82, 2.24) is 15.5 Å². The summed E-state index contributed by atoms with van der Waals surface area (Å²) in [4.78, 5) is 15.0. The topological polar surface area (TPSA) is 67.3 Å². The first-order chi connectivity index (χ1) is 16.1. The lowest BCUT2D eigenvalue weighted by Crippen LogP contribution is -2.43. The maximum Gasteiger partial charge on any atom is 0.225 e. The van der Waals surface area contributed by atoms with Gasteiger partial charge in [-0.1, -0.05) is 42.8 Å². The predicted molar refractivity (Wildman–Crippen MR) is 131 cm³/mol. The number of aryl methyl sites for hydroxylation is 1. The minimum absolute atomic E-state index is 0.0517. The van der Waals surface area contributed by atoms with Crippen molar-refractivity contribution >= 4 is 11.7 Å². The molecule has 4 rings (SSSR count). The highest BCUT2D eigenvalue weighted by Gasteiger charge is 2.26. The number of hydrogen-bond donors (Lipinski definition) is 1. The van der Waals surface area contributed by atoms with Crippen molar-refractivity contribution < 1.29 is 9.53 Å². The summed E-state index contributed by atoms with van der Waals surface area (Å²) in [6, 6.07) is 20.2. The Morgan fingerprint density at radius 1 is 1.12 bits per heavy atom. The largest absolute Gasteiger partial charge is 0.494 e. The van der Waals surface area contributed by atoms with Gasteiger partial charge in [-0.05, 0) is 62.1 Å². The molecule has 0 bridgehead atoms. The zero-order valence-electron chi connectivity index (χ0n) is 19.5. The molecule has 0 aliphatic carbocycles. The molecule has 1 atom stereocenters. The van der Waals surface area contributed by atoms with E-state index in [1.54, 1.807) is 0 Å². The Balaban J connectivity index is 1.32. The molecule has 0 radical (unpaired) electrons. The highest BCUT2D eigenvalue weighted by Crippen LogP contribution is 2.24. The second kappa shape index (κ2) is 10.9. The average Bonchev–Trinajstić information content (AvgIpc) is 2.87. The second-order valence-electron chi connectivity index (χ2n) is 8.64. The van der Waals surface area contributed by atoms with Crippen molar-refractivity contribution in [2.24, 2.45) is 5.92 Å². The fourth-order valence-electron chi connectivity index (χ4n) is 4.11. The quantitative estimate of drug-likeness (QED) is 0.542. The zero-order valence-corrected chi connectivity index (χ0v) is 19.5. The third-order valence-electron chi connectivity index (χ3n) is 5.94. The van der Waals surface area contributed by atoms with Crippen LogP contribution in [0.1, 0.15) is 37.3 Å². The number of hydrogen-bond acceptors (Lipinski definition) is 5. The van der Waals surface area contributed by atoms with E-state index in [1.807, 2.05) is 48.5 Å². The van der Waals surface area contributed by atoms with Crippen LogP contribution in [0.2, 0.25) is 0 Å². The van der Waals surface area contributed by atoms with Gasteiger partial charge in [-0.25, -0.2) is 0 Å². The van der Waals surface area contributed by atoms with E-state index in [1.165, 1.54) is 5.56 Å². The van der Waals surface area contributed by atoms with Crippen molar-refractivity contribution in [3.63, 3.8) is 0 Å². The van der Waals surface area contributed by atoms with Gasteiger partial charge in [-0.3, -0.25) is 4.79 Å². The average molecular weight is 445 g/mol. The molecular weight excluding hydrogens is 412 g/mol. The van der Waals surface area contributed by atoms with E-state index in [-0.39, 0.29) is 11.8 Å². The number of nitrogens with zero attached hydrogens (tertiary/aromatic N) is 3. The van der Waals surface area contributed by atoms with Gasteiger partial charge in [0.2, 0.25) is 5.91 Å². The summed E-state index contributed by atoms with van der Waals surface area (Å²) in [6.45, 7) is 6.95. The number of amides is 1. The fraction of sp³-hybridized carbons (Fsp3) is 0.370. The Morgan fingerprint density at radius 3 is 2.70 bits per heavy atom. The second-order valence-corrected chi connectivity index (χ2v) is 8.64. The minimum Gasteiger partial charge on any atom is -0.494 e. The molecule has 1 aliphatic rings. The van der Waals surface area contributed by atoms with Gasteiger partial charge in [0, 0.05) is 25.2 Å². The molecule has 2 aromatic carbocycles. The molecule has 33 heavy (non-hydrogen) atoms. The van der Waals surface area contributed by atoms with Gasteiger partial charge in [0.25, 0.3) is 0 Å². The highest BCUT2D eigenvalue weighted by atomic mass is 16.5. The Kier molecular flexibility index (Phi) is 7.55. The van der Waals surface area contributed by atoms with Crippen LogP contribution >= 0.6 is 0 Å². The third kappa shape index (κ3) is 6.09. The van der Waals surface area contributed by atoms with Crippen molar-refractivity contribution in [3.8, 4) is 17.0 Å². The molecule has 1 N–H and O–H groups in total. The maximum atomic E-state index is 12.8. The van der Waals surface area contributed by atoms with E-state index in [0.29, 0.717) is 19.7 Å².